The Morgan fingerprint density at radius 1 is 0.821 bits per heavy atom. The van der Waals surface area contributed by atoms with Gasteiger partial charge in [0.1, 0.15) is 11.5 Å². The molecule has 28 heavy (non-hydrogen) atoms. The monoisotopic (exact) mass is 454 g/mol. The smallest absolute Gasteiger partial charge is 0.126 e. The minimum absolute atomic E-state index is 0. The van der Waals surface area contributed by atoms with E-state index in [2.05, 4.69) is 78.0 Å². The van der Waals surface area contributed by atoms with Gasteiger partial charge in [-0.2, -0.15) is 0 Å². The maximum absolute atomic E-state index is 5.92. The van der Waals surface area contributed by atoms with E-state index in [-0.39, 0.29) is 37.0 Å². The predicted molar refractivity (Wildman–Crippen MR) is 115 cm³/mol. The molecule has 0 aromatic heterocycles. The van der Waals surface area contributed by atoms with Crippen LogP contribution in [0.15, 0.2) is 30.3 Å². The molecule has 0 bridgehead atoms. The molecular formula is C25H32O2Zr. The van der Waals surface area contributed by atoms with Crippen LogP contribution in [0, 0.1) is 0 Å². The Kier molecular flexibility index (Phi) is 6.71. The molecular weight excluding hydrogens is 423 g/mol. The summed E-state index contributed by atoms with van der Waals surface area (Å²) in [5.74, 6) is 1.99. The van der Waals surface area contributed by atoms with Gasteiger partial charge in [-0.15, -0.1) is 0 Å². The topological polar surface area (TPSA) is 18.5 Å². The first-order valence-corrected chi connectivity index (χ1v) is 9.67. The number of hydrogen-bond donors (Lipinski definition) is 0. The van der Waals surface area contributed by atoms with Crippen molar-refractivity contribution in [3.8, 4) is 22.6 Å². The fourth-order valence-electron chi connectivity index (χ4n) is 3.90. The second kappa shape index (κ2) is 8.19. The van der Waals surface area contributed by atoms with Gasteiger partial charge in [0.2, 0.25) is 0 Å². The van der Waals surface area contributed by atoms with Crippen LogP contribution >= 0.6 is 0 Å². The molecule has 0 saturated heterocycles. The Balaban J connectivity index is 0.00000280. The molecule has 3 heteroatoms. The molecule has 0 saturated carbocycles. The molecule has 1 aliphatic carbocycles. The molecule has 0 radical (unpaired) electrons. The minimum atomic E-state index is -0.00711. The second-order valence-corrected chi connectivity index (χ2v) is 9.42. The van der Waals surface area contributed by atoms with Crippen LogP contribution < -0.4 is 9.47 Å². The van der Waals surface area contributed by atoms with Gasteiger partial charge in [0.15, 0.2) is 0 Å². The van der Waals surface area contributed by atoms with Crippen LogP contribution in [-0.4, -0.2) is 14.2 Å². The summed E-state index contributed by atoms with van der Waals surface area (Å²) < 4.78 is 11.5. The Morgan fingerprint density at radius 3 is 1.86 bits per heavy atom. The molecule has 0 amide bonds. The zero-order valence-electron chi connectivity index (χ0n) is 18.5. The molecule has 0 unspecified atom stereocenters. The van der Waals surface area contributed by atoms with Crippen LogP contribution in [0.2, 0.25) is 0 Å². The summed E-state index contributed by atoms with van der Waals surface area (Å²) in [6.07, 6.45) is 5.38. The van der Waals surface area contributed by atoms with Crippen molar-refractivity contribution in [3.05, 3.63) is 52.6 Å². The molecule has 0 heterocycles. The zero-order valence-corrected chi connectivity index (χ0v) is 20.9. The third-order valence-electron chi connectivity index (χ3n) is 5.36. The summed E-state index contributed by atoms with van der Waals surface area (Å²) >= 11 is 0. The van der Waals surface area contributed by atoms with E-state index in [9.17, 15) is 0 Å². The largest absolute Gasteiger partial charge is 0.496 e. The third kappa shape index (κ3) is 4.15. The average molecular weight is 456 g/mol. The Hall–Kier alpha value is -1.34. The fourth-order valence-corrected chi connectivity index (χ4v) is 3.90. The first-order chi connectivity index (χ1) is 12.6. The van der Waals surface area contributed by atoms with Gasteiger partial charge in [0.05, 0.1) is 14.2 Å². The maximum Gasteiger partial charge on any atom is 0.126 e. The summed E-state index contributed by atoms with van der Waals surface area (Å²) in [4.78, 5) is 0. The fraction of sp³-hybridized carbons (Fsp3) is 0.440. The van der Waals surface area contributed by atoms with E-state index in [1.807, 2.05) is 0 Å². The van der Waals surface area contributed by atoms with Crippen LogP contribution in [0.5, 0.6) is 11.5 Å². The van der Waals surface area contributed by atoms with Gasteiger partial charge in [-0.1, -0.05) is 59.8 Å². The maximum atomic E-state index is 5.92. The van der Waals surface area contributed by atoms with Crippen LogP contribution in [0.1, 0.15) is 63.8 Å². The first kappa shape index (κ1) is 22.9. The Labute approximate surface area is 189 Å². The van der Waals surface area contributed by atoms with Crippen molar-refractivity contribution in [1.82, 2.24) is 0 Å². The van der Waals surface area contributed by atoms with Crippen molar-refractivity contribution in [2.75, 3.05) is 14.2 Å². The SMILES string of the molecule is COc1ccc(-c2cc(C(C)(C)C)c(OC)c(C(C)(C)C)c2)c2c1CC=C2.[Zr]. The number of allylic oxidation sites excluding steroid dienone is 1. The van der Waals surface area contributed by atoms with E-state index in [4.69, 9.17) is 9.47 Å². The Bertz CT molecular complexity index is 861. The van der Waals surface area contributed by atoms with Gasteiger partial charge in [0, 0.05) is 42.9 Å². The standard InChI is InChI=1S/C25H32O2.Zr/c1-24(2,3)20-14-16(15-21(23(20)27-8)25(4,5)6)17-12-13-22(26-7)19-11-9-10-18(17)19;/h9-10,12-15H,11H2,1-8H3;. The molecule has 0 fully saturated rings. The van der Waals surface area contributed by atoms with E-state index in [1.165, 1.54) is 33.4 Å². The van der Waals surface area contributed by atoms with Crippen molar-refractivity contribution in [1.29, 1.82) is 0 Å². The van der Waals surface area contributed by atoms with Crippen molar-refractivity contribution in [3.63, 3.8) is 0 Å². The second-order valence-electron chi connectivity index (χ2n) is 9.42. The van der Waals surface area contributed by atoms with Crippen molar-refractivity contribution < 1.29 is 35.7 Å². The summed E-state index contributed by atoms with van der Waals surface area (Å²) in [7, 11) is 3.53. The van der Waals surface area contributed by atoms with E-state index in [1.54, 1.807) is 14.2 Å². The van der Waals surface area contributed by atoms with Gasteiger partial charge < -0.3 is 9.47 Å². The molecule has 2 aromatic rings. The van der Waals surface area contributed by atoms with E-state index < -0.39 is 0 Å². The average Bonchev–Trinajstić information content (AvgIpc) is 3.08. The van der Waals surface area contributed by atoms with Crippen LogP contribution in [-0.2, 0) is 43.5 Å². The predicted octanol–water partition coefficient (Wildman–Crippen LogP) is 6.53. The van der Waals surface area contributed by atoms with Crippen molar-refractivity contribution >= 4 is 6.08 Å². The number of benzene rings is 2. The van der Waals surface area contributed by atoms with Crippen molar-refractivity contribution in [2.45, 2.75) is 58.8 Å². The van der Waals surface area contributed by atoms with Gasteiger partial charge in [-0.3, -0.25) is 0 Å². The quantitative estimate of drug-likeness (QED) is 0.524. The van der Waals surface area contributed by atoms with E-state index in [0.717, 1.165) is 17.9 Å². The van der Waals surface area contributed by atoms with Crippen LogP contribution in [0.3, 0.4) is 0 Å². The Morgan fingerprint density at radius 2 is 1.39 bits per heavy atom. The molecule has 1 aliphatic rings. The number of fused-ring (bicyclic) bond motifs is 1. The molecule has 0 atom stereocenters. The number of ether oxygens (including phenoxy) is 2. The molecule has 2 aromatic carbocycles. The number of rotatable bonds is 3. The van der Waals surface area contributed by atoms with E-state index >= 15 is 0 Å². The molecule has 2 nitrogen and oxygen atoms in total. The molecule has 0 N–H and O–H groups in total. The molecule has 0 spiro atoms. The van der Waals surface area contributed by atoms with Crippen LogP contribution in [0.4, 0.5) is 0 Å². The van der Waals surface area contributed by atoms with Gasteiger partial charge in [-0.05, 0) is 52.1 Å². The number of methoxy groups -OCH3 is 2. The third-order valence-corrected chi connectivity index (χ3v) is 5.36. The number of hydrogen-bond acceptors (Lipinski definition) is 2. The summed E-state index contributed by atoms with van der Waals surface area (Å²) in [6.45, 7) is 13.5. The van der Waals surface area contributed by atoms with Crippen LogP contribution in [0.25, 0.3) is 17.2 Å². The summed E-state index contributed by atoms with van der Waals surface area (Å²) in [6, 6.07) is 8.90. The summed E-state index contributed by atoms with van der Waals surface area (Å²) in [5, 5.41) is 0. The summed E-state index contributed by atoms with van der Waals surface area (Å²) in [5.41, 5.74) is 7.55. The molecule has 3 rings (SSSR count). The van der Waals surface area contributed by atoms with E-state index in [0.29, 0.717) is 0 Å². The zero-order chi connectivity index (χ0) is 20.0. The first-order valence-electron chi connectivity index (χ1n) is 9.67. The normalized spacial score (nSPS) is 13.1. The molecule has 0 aliphatic heterocycles. The minimum Gasteiger partial charge on any atom is -0.496 e. The van der Waals surface area contributed by atoms with Gasteiger partial charge in [0.25, 0.3) is 0 Å². The van der Waals surface area contributed by atoms with Gasteiger partial charge in [-0.25, -0.2) is 0 Å². The van der Waals surface area contributed by atoms with Gasteiger partial charge >= 0.3 is 0 Å². The molecule has 148 valence electrons. The van der Waals surface area contributed by atoms with Crippen molar-refractivity contribution in [2.24, 2.45) is 0 Å².